The molecule has 0 bridgehead atoms. The largest absolute Gasteiger partial charge is 0.444 e. The van der Waals surface area contributed by atoms with Crippen LogP contribution in [0.25, 0.3) is 0 Å². The molecule has 1 aromatic heterocycles. The number of hydrogen-bond donors (Lipinski definition) is 2. The van der Waals surface area contributed by atoms with Crippen molar-refractivity contribution >= 4 is 11.8 Å². The van der Waals surface area contributed by atoms with Crippen molar-refractivity contribution in [1.29, 1.82) is 0 Å². The SMILES string of the molecule is Cc1nc(C)c(CNC(=O)C2CCC(=O)N2)o1. The van der Waals surface area contributed by atoms with Crippen LogP contribution in [0.2, 0.25) is 0 Å². The number of nitrogens with zero attached hydrogens (tertiary/aromatic N) is 1. The molecule has 1 aliphatic rings. The summed E-state index contributed by atoms with van der Waals surface area (Å²) in [6, 6.07) is -0.410. The minimum absolute atomic E-state index is 0.0724. The molecule has 6 nitrogen and oxygen atoms in total. The van der Waals surface area contributed by atoms with Crippen molar-refractivity contribution in [1.82, 2.24) is 15.6 Å². The highest BCUT2D eigenvalue weighted by Crippen LogP contribution is 2.10. The molecule has 1 atom stereocenters. The number of hydrogen-bond acceptors (Lipinski definition) is 4. The summed E-state index contributed by atoms with van der Waals surface area (Å²) < 4.78 is 5.34. The number of aryl methyl sites for hydroxylation is 2. The second-order valence-electron chi connectivity index (χ2n) is 4.12. The first-order valence-corrected chi connectivity index (χ1v) is 5.56. The van der Waals surface area contributed by atoms with E-state index < -0.39 is 6.04 Å². The zero-order chi connectivity index (χ0) is 12.4. The smallest absolute Gasteiger partial charge is 0.242 e. The van der Waals surface area contributed by atoms with Crippen molar-refractivity contribution in [3.63, 3.8) is 0 Å². The van der Waals surface area contributed by atoms with Crippen LogP contribution in [0.1, 0.15) is 30.2 Å². The van der Waals surface area contributed by atoms with E-state index in [0.717, 1.165) is 5.69 Å². The van der Waals surface area contributed by atoms with Gasteiger partial charge in [-0.15, -0.1) is 0 Å². The van der Waals surface area contributed by atoms with E-state index in [4.69, 9.17) is 4.42 Å². The first-order valence-electron chi connectivity index (χ1n) is 5.56. The molecule has 1 aromatic rings. The third-order valence-electron chi connectivity index (χ3n) is 2.73. The molecular formula is C11H15N3O3. The number of carbonyl (C=O) groups excluding carboxylic acids is 2. The van der Waals surface area contributed by atoms with E-state index in [9.17, 15) is 9.59 Å². The van der Waals surface area contributed by atoms with Crippen molar-refractivity contribution in [2.24, 2.45) is 0 Å². The average Bonchev–Trinajstić information content (AvgIpc) is 2.82. The van der Waals surface area contributed by atoms with Gasteiger partial charge in [0.25, 0.3) is 0 Å². The molecule has 17 heavy (non-hydrogen) atoms. The van der Waals surface area contributed by atoms with Gasteiger partial charge in [-0.1, -0.05) is 0 Å². The Kier molecular flexibility index (Phi) is 3.12. The molecule has 1 aliphatic heterocycles. The van der Waals surface area contributed by atoms with Crippen molar-refractivity contribution in [2.75, 3.05) is 0 Å². The summed E-state index contributed by atoms with van der Waals surface area (Å²) in [5.41, 5.74) is 0.776. The Morgan fingerprint density at radius 3 is 2.88 bits per heavy atom. The Morgan fingerprint density at radius 2 is 2.35 bits per heavy atom. The van der Waals surface area contributed by atoms with E-state index in [0.29, 0.717) is 31.0 Å². The van der Waals surface area contributed by atoms with E-state index in [-0.39, 0.29) is 11.8 Å². The van der Waals surface area contributed by atoms with Crippen molar-refractivity contribution < 1.29 is 14.0 Å². The lowest BCUT2D eigenvalue weighted by atomic mass is 10.2. The van der Waals surface area contributed by atoms with Crippen molar-refractivity contribution in [3.8, 4) is 0 Å². The summed E-state index contributed by atoms with van der Waals surface area (Å²) in [6.45, 7) is 3.89. The van der Waals surface area contributed by atoms with Gasteiger partial charge >= 0.3 is 0 Å². The minimum Gasteiger partial charge on any atom is -0.444 e. The monoisotopic (exact) mass is 237 g/mol. The van der Waals surface area contributed by atoms with E-state index in [1.165, 1.54) is 0 Å². The van der Waals surface area contributed by atoms with Crippen LogP contribution in [0.4, 0.5) is 0 Å². The molecule has 2 rings (SSSR count). The third-order valence-corrected chi connectivity index (χ3v) is 2.73. The van der Waals surface area contributed by atoms with Gasteiger partial charge in [-0.05, 0) is 13.3 Å². The highest BCUT2D eigenvalue weighted by atomic mass is 16.4. The number of carbonyl (C=O) groups is 2. The lowest BCUT2D eigenvalue weighted by molar-refractivity contribution is -0.125. The summed E-state index contributed by atoms with van der Waals surface area (Å²) in [4.78, 5) is 26.8. The van der Waals surface area contributed by atoms with Gasteiger partial charge in [0.1, 0.15) is 11.8 Å². The first kappa shape index (κ1) is 11.6. The molecule has 1 saturated heterocycles. The van der Waals surface area contributed by atoms with Gasteiger partial charge in [0, 0.05) is 13.3 Å². The molecule has 0 aliphatic carbocycles. The summed E-state index contributed by atoms with van der Waals surface area (Å²) in [7, 11) is 0. The van der Waals surface area contributed by atoms with Crippen LogP contribution >= 0.6 is 0 Å². The molecular weight excluding hydrogens is 222 g/mol. The van der Waals surface area contributed by atoms with Crippen LogP contribution in [0, 0.1) is 13.8 Å². The number of oxazole rings is 1. The number of aromatic nitrogens is 1. The summed E-state index contributed by atoms with van der Waals surface area (Å²) >= 11 is 0. The highest BCUT2D eigenvalue weighted by Gasteiger charge is 2.27. The van der Waals surface area contributed by atoms with Gasteiger partial charge in [-0.3, -0.25) is 9.59 Å². The molecule has 0 radical (unpaired) electrons. The maximum absolute atomic E-state index is 11.7. The van der Waals surface area contributed by atoms with Gasteiger partial charge in [0.05, 0.1) is 12.2 Å². The third kappa shape index (κ3) is 2.64. The molecule has 0 aromatic carbocycles. The number of amides is 2. The van der Waals surface area contributed by atoms with Crippen LogP contribution in [-0.2, 0) is 16.1 Å². The van der Waals surface area contributed by atoms with Gasteiger partial charge in [0.2, 0.25) is 11.8 Å². The van der Waals surface area contributed by atoms with Gasteiger partial charge in [-0.2, -0.15) is 0 Å². The van der Waals surface area contributed by atoms with Crippen molar-refractivity contribution in [2.45, 2.75) is 39.3 Å². The number of nitrogens with one attached hydrogen (secondary N) is 2. The van der Waals surface area contributed by atoms with Gasteiger partial charge in [-0.25, -0.2) is 4.98 Å². The average molecular weight is 237 g/mol. The molecule has 2 N–H and O–H groups in total. The minimum atomic E-state index is -0.410. The van der Waals surface area contributed by atoms with E-state index in [1.54, 1.807) is 6.92 Å². The number of rotatable bonds is 3. The lowest BCUT2D eigenvalue weighted by Gasteiger charge is -2.09. The predicted octanol–water partition coefficient (Wildman–Crippen LogP) is 0.186. The van der Waals surface area contributed by atoms with Crippen LogP contribution in [0.15, 0.2) is 4.42 Å². The molecule has 2 heterocycles. The Bertz CT molecular complexity index is 453. The molecule has 6 heteroatoms. The van der Waals surface area contributed by atoms with E-state index >= 15 is 0 Å². The van der Waals surface area contributed by atoms with Crippen molar-refractivity contribution in [3.05, 3.63) is 17.3 Å². The molecule has 1 unspecified atom stereocenters. The summed E-state index contributed by atoms with van der Waals surface area (Å²) in [5.74, 6) is 0.988. The zero-order valence-corrected chi connectivity index (χ0v) is 9.87. The fraction of sp³-hybridized carbons (Fsp3) is 0.545. The van der Waals surface area contributed by atoms with Crippen LogP contribution in [-0.4, -0.2) is 22.8 Å². The fourth-order valence-corrected chi connectivity index (χ4v) is 1.84. The maximum Gasteiger partial charge on any atom is 0.242 e. The molecule has 0 spiro atoms. The van der Waals surface area contributed by atoms with E-state index in [1.807, 2.05) is 6.92 Å². The topological polar surface area (TPSA) is 84.2 Å². The molecule has 92 valence electrons. The summed E-state index contributed by atoms with van der Waals surface area (Å²) in [6.07, 6.45) is 0.970. The van der Waals surface area contributed by atoms with Crippen LogP contribution < -0.4 is 10.6 Å². The summed E-state index contributed by atoms with van der Waals surface area (Å²) in [5, 5.41) is 5.34. The quantitative estimate of drug-likeness (QED) is 0.785. The normalized spacial score (nSPS) is 19.2. The van der Waals surface area contributed by atoms with Gasteiger partial charge < -0.3 is 15.1 Å². The second kappa shape index (κ2) is 4.57. The first-order chi connectivity index (χ1) is 8.06. The fourth-order valence-electron chi connectivity index (χ4n) is 1.84. The zero-order valence-electron chi connectivity index (χ0n) is 9.87. The Morgan fingerprint density at radius 1 is 1.59 bits per heavy atom. The molecule has 2 amide bonds. The van der Waals surface area contributed by atoms with E-state index in [2.05, 4.69) is 15.6 Å². The van der Waals surface area contributed by atoms with Crippen LogP contribution in [0.3, 0.4) is 0 Å². The maximum atomic E-state index is 11.7. The second-order valence-corrected chi connectivity index (χ2v) is 4.12. The standard InChI is InChI=1S/C11H15N3O3/c1-6-9(17-7(2)13-6)5-12-11(16)8-3-4-10(15)14-8/h8H,3-5H2,1-2H3,(H,12,16)(H,14,15). The molecule has 0 saturated carbocycles. The highest BCUT2D eigenvalue weighted by molar-refractivity contribution is 5.90. The Labute approximate surface area is 98.8 Å². The van der Waals surface area contributed by atoms with Crippen LogP contribution in [0.5, 0.6) is 0 Å². The molecule has 1 fully saturated rings. The predicted molar refractivity (Wildman–Crippen MR) is 59.0 cm³/mol. The lowest BCUT2D eigenvalue weighted by Crippen LogP contribution is -2.41. The Hall–Kier alpha value is -1.85. The van der Waals surface area contributed by atoms with Gasteiger partial charge in [0.15, 0.2) is 5.89 Å². The Balaban J connectivity index is 1.88.